The van der Waals surface area contributed by atoms with E-state index in [1.165, 1.54) is 13.4 Å². The molecule has 0 saturated heterocycles. The van der Waals surface area contributed by atoms with Crippen LogP contribution in [0.4, 0.5) is 4.79 Å². The lowest BCUT2D eigenvalue weighted by molar-refractivity contribution is -0.142. The number of hydrogen-bond donors (Lipinski definition) is 3. The minimum atomic E-state index is -1.24. The molecule has 0 rings (SSSR count). The number of rotatable bonds is 8. The highest BCUT2D eigenvalue weighted by molar-refractivity contribution is 7.84. The Morgan fingerprint density at radius 2 is 1.90 bits per heavy atom. The van der Waals surface area contributed by atoms with Crippen molar-refractivity contribution in [2.45, 2.75) is 31.8 Å². The highest BCUT2D eigenvalue weighted by atomic mass is 32.2. The summed E-state index contributed by atoms with van der Waals surface area (Å²) in [5.74, 6) is -1.52. The van der Waals surface area contributed by atoms with Gasteiger partial charge in [-0.25, -0.2) is 9.59 Å². The molecule has 0 aliphatic carbocycles. The van der Waals surface area contributed by atoms with Crippen LogP contribution in [0.3, 0.4) is 0 Å². The number of methoxy groups -OCH3 is 1. The number of carboxylic acid groups (broad SMARTS) is 1. The summed E-state index contributed by atoms with van der Waals surface area (Å²) in [5.41, 5.74) is 0. The second kappa shape index (κ2) is 9.29. The summed E-state index contributed by atoms with van der Waals surface area (Å²) in [6.07, 6.45) is 1.33. The minimum absolute atomic E-state index is 0.0660. The van der Waals surface area contributed by atoms with Crippen LogP contribution in [-0.2, 0) is 25.1 Å². The van der Waals surface area contributed by atoms with E-state index in [2.05, 4.69) is 15.4 Å². The smallest absolute Gasteiger partial charge is 0.326 e. The van der Waals surface area contributed by atoms with E-state index in [4.69, 9.17) is 5.11 Å². The first-order chi connectivity index (χ1) is 9.26. The summed E-state index contributed by atoms with van der Waals surface area (Å²) in [6.45, 7) is 1.66. The van der Waals surface area contributed by atoms with Crippen molar-refractivity contribution >= 4 is 28.8 Å². The first-order valence-electron chi connectivity index (χ1n) is 5.93. The zero-order valence-corrected chi connectivity index (χ0v) is 12.5. The molecule has 2 unspecified atom stereocenters. The lowest BCUT2D eigenvalue weighted by atomic mass is 10.1. The van der Waals surface area contributed by atoms with Crippen molar-refractivity contribution in [3.05, 3.63) is 0 Å². The molecule has 0 aliphatic rings. The van der Waals surface area contributed by atoms with Gasteiger partial charge in [-0.3, -0.25) is 9.00 Å². The van der Waals surface area contributed by atoms with Gasteiger partial charge in [-0.2, -0.15) is 0 Å². The van der Waals surface area contributed by atoms with Crippen molar-refractivity contribution < 1.29 is 28.4 Å². The fourth-order valence-electron chi connectivity index (χ4n) is 1.44. The van der Waals surface area contributed by atoms with E-state index in [9.17, 15) is 18.6 Å². The van der Waals surface area contributed by atoms with Crippen LogP contribution in [0.2, 0.25) is 0 Å². The molecule has 3 atom stereocenters. The molecule has 0 bridgehead atoms. The third-order valence-electron chi connectivity index (χ3n) is 2.33. The molecule has 0 radical (unpaired) electrons. The van der Waals surface area contributed by atoms with Gasteiger partial charge in [-0.15, -0.1) is 0 Å². The van der Waals surface area contributed by atoms with Crippen molar-refractivity contribution in [3.8, 4) is 0 Å². The minimum Gasteiger partial charge on any atom is -0.480 e. The summed E-state index contributed by atoms with van der Waals surface area (Å²) < 4.78 is 15.4. The standard InChI is InChI=1S/C11H20N2O6S/c1-7(6-20(3)18)12-11(17)13-8(10(15)16)4-5-9(14)19-2/h7-8H,4-6H2,1-3H3,(H,15,16)(H2,12,13,17)/t7?,8-,20?/m0/s1. The maximum absolute atomic E-state index is 11.6. The van der Waals surface area contributed by atoms with Crippen molar-refractivity contribution in [2.75, 3.05) is 19.1 Å². The molecule has 8 nitrogen and oxygen atoms in total. The molecule has 0 aromatic carbocycles. The average molecular weight is 308 g/mol. The van der Waals surface area contributed by atoms with Gasteiger partial charge in [0.15, 0.2) is 0 Å². The molecule has 116 valence electrons. The van der Waals surface area contributed by atoms with Crippen LogP contribution in [0.25, 0.3) is 0 Å². The highest BCUT2D eigenvalue weighted by Gasteiger charge is 2.21. The Labute approximate surface area is 119 Å². The molecule has 0 saturated carbocycles. The first kappa shape index (κ1) is 18.4. The van der Waals surface area contributed by atoms with Crippen LogP contribution >= 0.6 is 0 Å². The van der Waals surface area contributed by atoms with Crippen molar-refractivity contribution in [2.24, 2.45) is 0 Å². The van der Waals surface area contributed by atoms with Crippen LogP contribution in [0.1, 0.15) is 19.8 Å². The molecule has 0 spiro atoms. The molecule has 20 heavy (non-hydrogen) atoms. The SMILES string of the molecule is COC(=O)CC[C@H](NC(=O)NC(C)CS(C)=O)C(=O)O. The first-order valence-corrected chi connectivity index (χ1v) is 7.65. The second-order valence-electron chi connectivity index (χ2n) is 4.26. The molecule has 0 heterocycles. The molecule has 0 aromatic rings. The third-order valence-corrected chi connectivity index (χ3v) is 3.30. The zero-order chi connectivity index (χ0) is 15.7. The van der Waals surface area contributed by atoms with Crippen LogP contribution < -0.4 is 10.6 Å². The number of hydrogen-bond acceptors (Lipinski definition) is 5. The van der Waals surface area contributed by atoms with Crippen LogP contribution in [0.5, 0.6) is 0 Å². The maximum atomic E-state index is 11.6. The Morgan fingerprint density at radius 1 is 1.30 bits per heavy atom. The van der Waals surface area contributed by atoms with Gasteiger partial charge in [0.2, 0.25) is 0 Å². The highest BCUT2D eigenvalue weighted by Crippen LogP contribution is 2.00. The molecule has 0 aromatic heterocycles. The Balaban J connectivity index is 4.30. The predicted octanol–water partition coefficient (Wildman–Crippen LogP) is -0.541. The Bertz CT molecular complexity index is 387. The van der Waals surface area contributed by atoms with Crippen LogP contribution in [-0.4, -0.2) is 58.5 Å². The third kappa shape index (κ3) is 8.46. The Kier molecular flexibility index (Phi) is 8.53. The Morgan fingerprint density at radius 3 is 2.35 bits per heavy atom. The number of urea groups is 1. The van der Waals surface area contributed by atoms with Gasteiger partial charge in [-0.1, -0.05) is 0 Å². The zero-order valence-electron chi connectivity index (χ0n) is 11.7. The van der Waals surface area contributed by atoms with E-state index in [1.54, 1.807) is 6.92 Å². The molecule has 9 heteroatoms. The van der Waals surface area contributed by atoms with E-state index in [0.717, 1.165) is 0 Å². The molecule has 0 aliphatic heterocycles. The number of carbonyl (C=O) groups excluding carboxylic acids is 2. The van der Waals surface area contributed by atoms with Gasteiger partial charge in [-0.05, 0) is 13.3 Å². The average Bonchev–Trinajstić information content (AvgIpc) is 2.32. The molecular weight excluding hydrogens is 288 g/mol. The molecule has 0 fully saturated rings. The summed E-state index contributed by atoms with van der Waals surface area (Å²) in [6, 6.07) is -2.22. The van der Waals surface area contributed by atoms with Gasteiger partial charge in [0.25, 0.3) is 0 Å². The number of nitrogens with one attached hydrogen (secondary N) is 2. The van der Waals surface area contributed by atoms with E-state index < -0.39 is 34.8 Å². The quantitative estimate of drug-likeness (QED) is 0.518. The summed E-state index contributed by atoms with van der Waals surface area (Å²) in [7, 11) is 0.135. The van der Waals surface area contributed by atoms with Gasteiger partial charge in [0, 0.05) is 35.3 Å². The Hall–Kier alpha value is -1.64. The largest absolute Gasteiger partial charge is 0.480 e. The lowest BCUT2D eigenvalue weighted by Gasteiger charge is -2.17. The fourth-order valence-corrected chi connectivity index (χ4v) is 2.23. The van der Waals surface area contributed by atoms with E-state index in [0.29, 0.717) is 0 Å². The summed E-state index contributed by atoms with van der Waals surface area (Å²) in [5, 5.41) is 13.7. The molecule has 2 amide bonds. The van der Waals surface area contributed by atoms with E-state index >= 15 is 0 Å². The molecular formula is C11H20N2O6S. The lowest BCUT2D eigenvalue weighted by Crippen LogP contribution is -2.49. The fraction of sp³-hybridized carbons (Fsp3) is 0.727. The van der Waals surface area contributed by atoms with Crippen molar-refractivity contribution in [1.29, 1.82) is 0 Å². The van der Waals surface area contributed by atoms with Gasteiger partial charge >= 0.3 is 18.0 Å². The van der Waals surface area contributed by atoms with Crippen LogP contribution in [0, 0.1) is 0 Å². The number of esters is 1. The summed E-state index contributed by atoms with van der Waals surface area (Å²) in [4.78, 5) is 33.5. The monoisotopic (exact) mass is 308 g/mol. The second-order valence-corrected chi connectivity index (χ2v) is 5.74. The maximum Gasteiger partial charge on any atom is 0.326 e. The van der Waals surface area contributed by atoms with Gasteiger partial charge in [0.05, 0.1) is 7.11 Å². The summed E-state index contributed by atoms with van der Waals surface area (Å²) >= 11 is 0. The topological polar surface area (TPSA) is 122 Å². The van der Waals surface area contributed by atoms with Gasteiger partial charge in [0.1, 0.15) is 6.04 Å². The number of amides is 2. The predicted molar refractivity (Wildman–Crippen MR) is 72.7 cm³/mol. The van der Waals surface area contributed by atoms with Crippen molar-refractivity contribution in [3.63, 3.8) is 0 Å². The number of ether oxygens (including phenoxy) is 1. The van der Waals surface area contributed by atoms with E-state index in [-0.39, 0.29) is 24.6 Å². The van der Waals surface area contributed by atoms with Crippen LogP contribution in [0.15, 0.2) is 0 Å². The normalized spacial score (nSPS) is 14.8. The number of carbonyl (C=O) groups is 3. The molecule has 3 N–H and O–H groups in total. The van der Waals surface area contributed by atoms with Crippen molar-refractivity contribution in [1.82, 2.24) is 10.6 Å². The van der Waals surface area contributed by atoms with Gasteiger partial charge < -0.3 is 20.5 Å². The number of carboxylic acids is 1. The van der Waals surface area contributed by atoms with E-state index in [1.807, 2.05) is 0 Å². The number of aliphatic carboxylic acids is 1.